The second kappa shape index (κ2) is 5.63. The lowest BCUT2D eigenvalue weighted by Crippen LogP contribution is -2.12. The molecule has 2 rings (SSSR count). The minimum absolute atomic E-state index is 0.279. The Morgan fingerprint density at radius 2 is 2.05 bits per heavy atom. The molecular formula is C15H15FN2O. The van der Waals surface area contributed by atoms with Crippen LogP contribution in [0.15, 0.2) is 42.5 Å². The van der Waals surface area contributed by atoms with Gasteiger partial charge in [-0.05, 0) is 42.3 Å². The number of hydrogen-bond acceptors (Lipinski definition) is 2. The molecule has 0 fully saturated rings. The number of carbonyl (C=O) groups excluding carboxylic acids is 1. The summed E-state index contributed by atoms with van der Waals surface area (Å²) in [5.41, 5.74) is 7.89. The van der Waals surface area contributed by atoms with Crippen molar-refractivity contribution >= 4 is 11.6 Å². The van der Waals surface area contributed by atoms with Crippen LogP contribution in [0.1, 0.15) is 21.5 Å². The number of carbonyl (C=O) groups is 1. The van der Waals surface area contributed by atoms with Gasteiger partial charge >= 0.3 is 0 Å². The number of benzene rings is 2. The van der Waals surface area contributed by atoms with Crippen LogP contribution in [0, 0.1) is 12.7 Å². The van der Waals surface area contributed by atoms with Crippen LogP contribution in [0.3, 0.4) is 0 Å². The molecule has 0 aliphatic rings. The van der Waals surface area contributed by atoms with Gasteiger partial charge in [0.2, 0.25) is 0 Å². The van der Waals surface area contributed by atoms with Crippen molar-refractivity contribution in [3.05, 3.63) is 65.0 Å². The second-order valence-electron chi connectivity index (χ2n) is 4.32. The van der Waals surface area contributed by atoms with E-state index in [0.29, 0.717) is 23.4 Å². The Hall–Kier alpha value is -2.20. The van der Waals surface area contributed by atoms with Crippen LogP contribution in [0.4, 0.5) is 10.1 Å². The van der Waals surface area contributed by atoms with E-state index in [1.54, 1.807) is 37.3 Å². The van der Waals surface area contributed by atoms with E-state index in [9.17, 15) is 9.18 Å². The summed E-state index contributed by atoms with van der Waals surface area (Å²) in [6, 6.07) is 11.6. The number of aryl methyl sites for hydroxylation is 1. The first-order chi connectivity index (χ1) is 9.10. The zero-order valence-corrected chi connectivity index (χ0v) is 10.6. The van der Waals surface area contributed by atoms with Gasteiger partial charge in [-0.25, -0.2) is 4.39 Å². The largest absolute Gasteiger partial charge is 0.326 e. The summed E-state index contributed by atoms with van der Waals surface area (Å²) in [4.78, 5) is 12.0. The average molecular weight is 258 g/mol. The van der Waals surface area contributed by atoms with Gasteiger partial charge in [-0.1, -0.05) is 18.2 Å². The Morgan fingerprint density at radius 1 is 1.26 bits per heavy atom. The number of hydrogen-bond donors (Lipinski definition) is 2. The zero-order valence-electron chi connectivity index (χ0n) is 10.6. The van der Waals surface area contributed by atoms with Crippen molar-refractivity contribution in [1.29, 1.82) is 0 Å². The molecule has 0 aromatic heterocycles. The minimum atomic E-state index is -0.339. The molecule has 0 saturated heterocycles. The molecule has 4 heteroatoms. The van der Waals surface area contributed by atoms with E-state index in [0.717, 1.165) is 5.56 Å². The fraction of sp³-hybridized carbons (Fsp3) is 0.133. The number of amides is 1. The molecule has 0 radical (unpaired) electrons. The van der Waals surface area contributed by atoms with Gasteiger partial charge in [-0.3, -0.25) is 4.79 Å². The molecule has 98 valence electrons. The molecule has 0 unspecified atom stereocenters. The number of rotatable bonds is 3. The van der Waals surface area contributed by atoms with Gasteiger partial charge in [-0.2, -0.15) is 0 Å². The summed E-state index contributed by atoms with van der Waals surface area (Å²) < 4.78 is 13.4. The van der Waals surface area contributed by atoms with E-state index < -0.39 is 0 Å². The molecule has 3 N–H and O–H groups in total. The lowest BCUT2D eigenvalue weighted by molar-refractivity contribution is 0.102. The maximum atomic E-state index is 13.4. The molecule has 0 bridgehead atoms. The van der Waals surface area contributed by atoms with Crippen LogP contribution in [0.5, 0.6) is 0 Å². The highest BCUT2D eigenvalue weighted by molar-refractivity contribution is 6.04. The lowest BCUT2D eigenvalue weighted by Gasteiger charge is -2.07. The smallest absolute Gasteiger partial charge is 0.255 e. The quantitative estimate of drug-likeness (QED) is 0.889. The Balaban J connectivity index is 2.18. The average Bonchev–Trinajstić information content (AvgIpc) is 2.43. The molecule has 3 nitrogen and oxygen atoms in total. The van der Waals surface area contributed by atoms with Crippen molar-refractivity contribution in [3.63, 3.8) is 0 Å². The van der Waals surface area contributed by atoms with Crippen LogP contribution < -0.4 is 11.1 Å². The van der Waals surface area contributed by atoms with Gasteiger partial charge in [0.25, 0.3) is 5.91 Å². The fourth-order valence-corrected chi connectivity index (χ4v) is 1.71. The summed E-state index contributed by atoms with van der Waals surface area (Å²) in [7, 11) is 0. The molecule has 2 aromatic carbocycles. The van der Waals surface area contributed by atoms with Crippen LogP contribution in [0.25, 0.3) is 0 Å². The Bertz CT molecular complexity index is 611. The number of halogens is 1. The summed E-state index contributed by atoms with van der Waals surface area (Å²) in [5.74, 6) is -0.618. The third-order valence-electron chi connectivity index (χ3n) is 2.85. The van der Waals surface area contributed by atoms with Crippen molar-refractivity contribution in [3.8, 4) is 0 Å². The van der Waals surface area contributed by atoms with Gasteiger partial charge in [0, 0.05) is 17.8 Å². The lowest BCUT2D eigenvalue weighted by atomic mass is 10.1. The fourth-order valence-electron chi connectivity index (χ4n) is 1.71. The first-order valence-electron chi connectivity index (χ1n) is 5.96. The topological polar surface area (TPSA) is 55.1 Å². The SMILES string of the molecule is Cc1ccc(NC(=O)c2cccc(CN)c2)cc1F. The summed E-state index contributed by atoms with van der Waals surface area (Å²) in [6.07, 6.45) is 0. The minimum Gasteiger partial charge on any atom is -0.326 e. The standard InChI is InChI=1S/C15H15FN2O/c1-10-5-6-13(8-14(10)16)18-15(19)12-4-2-3-11(7-12)9-17/h2-8H,9,17H2,1H3,(H,18,19). The Labute approximate surface area is 111 Å². The van der Waals surface area contributed by atoms with Crippen LogP contribution in [-0.2, 0) is 6.54 Å². The van der Waals surface area contributed by atoms with Crippen LogP contribution in [0.2, 0.25) is 0 Å². The molecule has 19 heavy (non-hydrogen) atoms. The molecule has 2 aromatic rings. The van der Waals surface area contributed by atoms with Gasteiger partial charge in [0.15, 0.2) is 0 Å². The van der Waals surface area contributed by atoms with Crippen molar-refractivity contribution in [2.45, 2.75) is 13.5 Å². The van der Waals surface area contributed by atoms with Gasteiger partial charge in [0.1, 0.15) is 5.82 Å². The second-order valence-corrected chi connectivity index (χ2v) is 4.32. The first-order valence-corrected chi connectivity index (χ1v) is 5.96. The van der Waals surface area contributed by atoms with E-state index in [1.165, 1.54) is 6.07 Å². The van der Waals surface area contributed by atoms with E-state index in [4.69, 9.17) is 5.73 Å². The number of nitrogens with one attached hydrogen (secondary N) is 1. The predicted molar refractivity (Wildman–Crippen MR) is 73.4 cm³/mol. The van der Waals surface area contributed by atoms with Crippen LogP contribution >= 0.6 is 0 Å². The molecule has 0 aliphatic heterocycles. The summed E-state index contributed by atoms with van der Waals surface area (Å²) in [6.45, 7) is 2.05. The molecule has 0 heterocycles. The Kier molecular flexibility index (Phi) is 3.92. The third kappa shape index (κ3) is 3.17. The van der Waals surface area contributed by atoms with Gasteiger partial charge < -0.3 is 11.1 Å². The molecule has 0 saturated carbocycles. The van der Waals surface area contributed by atoms with Crippen molar-refractivity contribution in [2.24, 2.45) is 5.73 Å². The highest BCUT2D eigenvalue weighted by Crippen LogP contribution is 2.15. The maximum absolute atomic E-state index is 13.4. The number of nitrogens with two attached hydrogens (primary N) is 1. The van der Waals surface area contributed by atoms with E-state index >= 15 is 0 Å². The molecule has 0 atom stereocenters. The first kappa shape index (κ1) is 13.2. The molecule has 1 amide bonds. The van der Waals surface area contributed by atoms with Crippen molar-refractivity contribution in [2.75, 3.05) is 5.32 Å². The summed E-state index contributed by atoms with van der Waals surface area (Å²) in [5, 5.41) is 2.66. The molecule has 0 spiro atoms. The highest BCUT2D eigenvalue weighted by atomic mass is 19.1. The Morgan fingerprint density at radius 3 is 2.74 bits per heavy atom. The highest BCUT2D eigenvalue weighted by Gasteiger charge is 2.07. The predicted octanol–water partition coefficient (Wildman–Crippen LogP) is 2.85. The van der Waals surface area contributed by atoms with Crippen LogP contribution in [-0.4, -0.2) is 5.91 Å². The summed E-state index contributed by atoms with van der Waals surface area (Å²) >= 11 is 0. The third-order valence-corrected chi connectivity index (χ3v) is 2.85. The van der Waals surface area contributed by atoms with Crippen molar-refractivity contribution < 1.29 is 9.18 Å². The van der Waals surface area contributed by atoms with E-state index in [1.807, 2.05) is 6.07 Å². The van der Waals surface area contributed by atoms with Gasteiger partial charge in [0.05, 0.1) is 0 Å². The van der Waals surface area contributed by atoms with E-state index in [-0.39, 0.29) is 11.7 Å². The monoisotopic (exact) mass is 258 g/mol. The van der Waals surface area contributed by atoms with E-state index in [2.05, 4.69) is 5.32 Å². The zero-order chi connectivity index (χ0) is 13.8. The maximum Gasteiger partial charge on any atom is 0.255 e. The molecule has 0 aliphatic carbocycles. The normalized spacial score (nSPS) is 10.3. The van der Waals surface area contributed by atoms with Crippen molar-refractivity contribution in [1.82, 2.24) is 0 Å². The molecular weight excluding hydrogens is 243 g/mol. The number of anilines is 1. The van der Waals surface area contributed by atoms with Gasteiger partial charge in [-0.15, -0.1) is 0 Å².